The highest BCUT2D eigenvalue weighted by Crippen LogP contribution is 2.53. The summed E-state index contributed by atoms with van der Waals surface area (Å²) >= 11 is 0. The molecule has 0 amide bonds. The summed E-state index contributed by atoms with van der Waals surface area (Å²) in [6, 6.07) is 49.5. The Morgan fingerprint density at radius 2 is 1.24 bits per heavy atom. The third-order valence-corrected chi connectivity index (χ3v) is 10.5. The monoisotopic (exact) mass is 588 g/mol. The Balaban J connectivity index is 1.16. The number of hydrogen-bond acceptors (Lipinski definition) is 2. The molecule has 1 aliphatic heterocycles. The van der Waals surface area contributed by atoms with Crippen molar-refractivity contribution in [2.24, 2.45) is 0 Å². The second-order valence-corrected chi connectivity index (χ2v) is 12.9. The molecule has 0 saturated carbocycles. The van der Waals surface area contributed by atoms with Crippen LogP contribution >= 0.6 is 0 Å². The normalized spacial score (nSPS) is 13.2. The SMILES string of the molecule is Cc1c2c(c3cccc4c3c1Nc1ccccc1-4)-c1cc(N(c3ccccc3)c3ccc4c(c3)CCc3ccccc3-4)ccc1C2. The number of rotatable bonds is 3. The van der Waals surface area contributed by atoms with Crippen molar-refractivity contribution in [3.05, 3.63) is 161 Å². The minimum atomic E-state index is 0.955. The maximum atomic E-state index is 3.83. The van der Waals surface area contributed by atoms with Gasteiger partial charge in [-0.25, -0.2) is 0 Å². The number of nitrogens with one attached hydrogen (secondary N) is 1. The first-order valence-corrected chi connectivity index (χ1v) is 16.4. The van der Waals surface area contributed by atoms with Gasteiger partial charge >= 0.3 is 0 Å². The summed E-state index contributed by atoms with van der Waals surface area (Å²) in [4.78, 5) is 2.44. The van der Waals surface area contributed by atoms with Crippen LogP contribution in [0, 0.1) is 6.92 Å². The minimum Gasteiger partial charge on any atom is -0.354 e. The van der Waals surface area contributed by atoms with Crippen LogP contribution in [0.5, 0.6) is 0 Å². The molecule has 1 N–H and O–H groups in total. The average Bonchev–Trinajstić information content (AvgIpc) is 3.50. The third kappa shape index (κ3) is 3.64. The van der Waals surface area contributed by atoms with Gasteiger partial charge in [-0.1, -0.05) is 91.0 Å². The molecule has 218 valence electrons. The van der Waals surface area contributed by atoms with Crippen LogP contribution in [0.2, 0.25) is 0 Å². The van der Waals surface area contributed by atoms with Crippen molar-refractivity contribution in [3.8, 4) is 33.4 Å². The van der Waals surface area contributed by atoms with Crippen molar-refractivity contribution in [2.75, 3.05) is 10.2 Å². The lowest BCUT2D eigenvalue weighted by molar-refractivity contribution is 0.941. The van der Waals surface area contributed by atoms with Crippen LogP contribution in [-0.2, 0) is 19.3 Å². The largest absolute Gasteiger partial charge is 0.354 e. The van der Waals surface area contributed by atoms with Gasteiger partial charge in [0.25, 0.3) is 0 Å². The van der Waals surface area contributed by atoms with Gasteiger partial charge in [-0.3, -0.25) is 0 Å². The fourth-order valence-electron chi connectivity index (χ4n) is 8.35. The number of aryl methyl sites for hydroxylation is 2. The van der Waals surface area contributed by atoms with E-state index in [0.29, 0.717) is 0 Å². The highest BCUT2D eigenvalue weighted by molar-refractivity contribution is 6.18. The van der Waals surface area contributed by atoms with Crippen molar-refractivity contribution >= 4 is 39.2 Å². The maximum Gasteiger partial charge on any atom is 0.0503 e. The summed E-state index contributed by atoms with van der Waals surface area (Å²) in [5.74, 6) is 0. The van der Waals surface area contributed by atoms with Crippen molar-refractivity contribution in [1.82, 2.24) is 0 Å². The summed E-state index contributed by atoms with van der Waals surface area (Å²) in [6.45, 7) is 2.31. The molecule has 10 rings (SSSR count). The first-order chi connectivity index (χ1) is 22.7. The molecule has 1 heterocycles. The Kier molecular flexibility index (Phi) is 5.42. The van der Waals surface area contributed by atoms with Crippen LogP contribution in [0.3, 0.4) is 0 Å². The molecule has 7 aromatic rings. The molecule has 0 saturated heterocycles. The predicted molar refractivity (Wildman–Crippen MR) is 193 cm³/mol. The van der Waals surface area contributed by atoms with E-state index in [4.69, 9.17) is 0 Å². The molecule has 3 aliphatic rings. The van der Waals surface area contributed by atoms with Crippen LogP contribution in [0.4, 0.5) is 28.4 Å². The molecule has 0 radical (unpaired) electrons. The lowest BCUT2D eigenvalue weighted by Crippen LogP contribution is -2.12. The van der Waals surface area contributed by atoms with E-state index in [9.17, 15) is 0 Å². The highest BCUT2D eigenvalue weighted by Gasteiger charge is 2.30. The van der Waals surface area contributed by atoms with Crippen LogP contribution in [0.1, 0.15) is 27.8 Å². The van der Waals surface area contributed by atoms with Gasteiger partial charge < -0.3 is 10.2 Å². The van der Waals surface area contributed by atoms with Crippen molar-refractivity contribution < 1.29 is 0 Å². The van der Waals surface area contributed by atoms with Gasteiger partial charge in [0, 0.05) is 33.7 Å². The second kappa shape index (κ2) is 9.70. The van der Waals surface area contributed by atoms with Gasteiger partial charge in [-0.15, -0.1) is 0 Å². The fourth-order valence-corrected chi connectivity index (χ4v) is 8.35. The Bertz CT molecular complexity index is 2380. The van der Waals surface area contributed by atoms with Crippen molar-refractivity contribution in [1.29, 1.82) is 0 Å². The molecule has 0 fully saturated rings. The van der Waals surface area contributed by atoms with E-state index in [1.165, 1.54) is 100 Å². The molecular formula is C44H32N2. The highest BCUT2D eigenvalue weighted by atomic mass is 15.1. The Morgan fingerprint density at radius 1 is 0.522 bits per heavy atom. The Morgan fingerprint density at radius 3 is 2.15 bits per heavy atom. The molecule has 2 aliphatic carbocycles. The maximum absolute atomic E-state index is 3.83. The van der Waals surface area contributed by atoms with Gasteiger partial charge in [0.15, 0.2) is 0 Å². The smallest absolute Gasteiger partial charge is 0.0503 e. The zero-order chi connectivity index (χ0) is 30.4. The number of fused-ring (bicyclic) bond motifs is 9. The Labute approximate surface area is 269 Å². The molecule has 46 heavy (non-hydrogen) atoms. The fraction of sp³-hybridized carbons (Fsp3) is 0.0909. The Hall–Kier alpha value is -5.60. The zero-order valence-corrected chi connectivity index (χ0v) is 25.8. The van der Waals surface area contributed by atoms with Gasteiger partial charge in [-0.05, 0) is 130 Å². The molecule has 0 atom stereocenters. The summed E-state index contributed by atoms with van der Waals surface area (Å²) in [5.41, 5.74) is 21.2. The summed E-state index contributed by atoms with van der Waals surface area (Å²) in [7, 11) is 0. The van der Waals surface area contributed by atoms with Crippen LogP contribution in [0.25, 0.3) is 44.2 Å². The minimum absolute atomic E-state index is 0.955. The van der Waals surface area contributed by atoms with Crippen LogP contribution < -0.4 is 10.2 Å². The van der Waals surface area contributed by atoms with Crippen LogP contribution in [0.15, 0.2) is 133 Å². The molecule has 2 heteroatoms. The van der Waals surface area contributed by atoms with E-state index in [1.807, 2.05) is 0 Å². The molecule has 0 aromatic heterocycles. The summed E-state index contributed by atoms with van der Waals surface area (Å²) < 4.78 is 0. The predicted octanol–water partition coefficient (Wildman–Crippen LogP) is 11.7. The molecule has 7 aromatic carbocycles. The van der Waals surface area contributed by atoms with E-state index >= 15 is 0 Å². The van der Waals surface area contributed by atoms with E-state index in [0.717, 1.165) is 19.3 Å². The number of hydrogen-bond donors (Lipinski definition) is 1. The zero-order valence-electron chi connectivity index (χ0n) is 25.8. The average molecular weight is 589 g/mol. The standard InChI is InChI=1S/C44H32N2/c1-27-39-25-30-20-21-33(26-40(30)42(39)38-16-9-15-37-36-14-7-8-17-41(36)45-44(27)43(37)38)46(31-11-3-2-4-12-31)32-22-23-35-29(24-32)19-18-28-10-5-6-13-34(28)35/h2-17,20-24,26,45H,18-19,25H2,1H3. The lowest BCUT2D eigenvalue weighted by Gasteiger charge is -2.28. The lowest BCUT2D eigenvalue weighted by atomic mass is 9.85. The quantitative estimate of drug-likeness (QED) is 0.221. The molecular weight excluding hydrogens is 556 g/mol. The molecule has 0 bridgehead atoms. The second-order valence-electron chi connectivity index (χ2n) is 12.9. The molecule has 0 spiro atoms. The van der Waals surface area contributed by atoms with Gasteiger partial charge in [-0.2, -0.15) is 0 Å². The van der Waals surface area contributed by atoms with Crippen molar-refractivity contribution in [2.45, 2.75) is 26.2 Å². The summed E-state index contributed by atoms with van der Waals surface area (Å²) in [5, 5.41) is 6.50. The van der Waals surface area contributed by atoms with Crippen molar-refractivity contribution in [3.63, 3.8) is 0 Å². The number of benzene rings is 7. The number of nitrogens with zero attached hydrogens (tertiary/aromatic N) is 1. The van der Waals surface area contributed by atoms with E-state index in [2.05, 4.69) is 151 Å². The van der Waals surface area contributed by atoms with E-state index in [1.54, 1.807) is 0 Å². The molecule has 0 unspecified atom stereocenters. The first kappa shape index (κ1) is 25.7. The van der Waals surface area contributed by atoms with Gasteiger partial charge in [0.1, 0.15) is 0 Å². The topological polar surface area (TPSA) is 15.3 Å². The number of anilines is 5. The van der Waals surface area contributed by atoms with E-state index < -0.39 is 0 Å². The number of para-hydroxylation sites is 2. The van der Waals surface area contributed by atoms with Gasteiger partial charge in [0.2, 0.25) is 0 Å². The summed E-state index contributed by atoms with van der Waals surface area (Å²) in [6.07, 6.45) is 3.10. The van der Waals surface area contributed by atoms with Gasteiger partial charge in [0.05, 0.1) is 5.69 Å². The van der Waals surface area contributed by atoms with E-state index in [-0.39, 0.29) is 0 Å². The third-order valence-electron chi connectivity index (χ3n) is 10.5. The van der Waals surface area contributed by atoms with Crippen LogP contribution in [-0.4, -0.2) is 0 Å². The molecule has 2 nitrogen and oxygen atoms in total. The first-order valence-electron chi connectivity index (χ1n) is 16.4.